The molecular weight excluding hydrogens is 300 g/mol. The van der Waals surface area contributed by atoms with E-state index in [1.807, 2.05) is 12.3 Å². The Morgan fingerprint density at radius 1 is 1.21 bits per heavy atom. The third-order valence-electron chi connectivity index (χ3n) is 4.91. The average Bonchev–Trinajstić information content (AvgIpc) is 3.22. The van der Waals surface area contributed by atoms with Gasteiger partial charge in [-0.2, -0.15) is 5.10 Å². The van der Waals surface area contributed by atoms with Crippen LogP contribution in [0.2, 0.25) is 0 Å². The van der Waals surface area contributed by atoms with Crippen LogP contribution in [0.5, 0.6) is 0 Å². The number of fused-ring (bicyclic) bond motifs is 1. The van der Waals surface area contributed by atoms with Crippen molar-refractivity contribution in [3.8, 4) is 0 Å². The van der Waals surface area contributed by atoms with Crippen molar-refractivity contribution in [2.24, 2.45) is 0 Å². The quantitative estimate of drug-likeness (QED) is 0.716. The van der Waals surface area contributed by atoms with Crippen LogP contribution in [0.1, 0.15) is 43.6 Å². The average molecular weight is 324 g/mol. The van der Waals surface area contributed by atoms with Crippen LogP contribution in [0.3, 0.4) is 0 Å². The smallest absolute Gasteiger partial charge is 0.226 e. The molecule has 0 atom stereocenters. The van der Waals surface area contributed by atoms with Crippen molar-refractivity contribution in [3.05, 3.63) is 48.1 Å². The minimum Gasteiger partial charge on any atom is -0.441 e. The molecule has 1 aliphatic heterocycles. The SMILES string of the molecule is CCCn1nccc1C1CCN(Cc2cc3cccnc3o2)CC1. The molecule has 4 heterocycles. The summed E-state index contributed by atoms with van der Waals surface area (Å²) in [4.78, 5) is 6.75. The van der Waals surface area contributed by atoms with Crippen LogP contribution in [0, 0.1) is 0 Å². The number of aromatic nitrogens is 3. The summed E-state index contributed by atoms with van der Waals surface area (Å²) >= 11 is 0. The third-order valence-corrected chi connectivity index (χ3v) is 4.91. The molecule has 126 valence electrons. The van der Waals surface area contributed by atoms with Gasteiger partial charge in [0, 0.05) is 35.9 Å². The lowest BCUT2D eigenvalue weighted by Crippen LogP contribution is -2.33. The van der Waals surface area contributed by atoms with Gasteiger partial charge in [0.25, 0.3) is 0 Å². The Labute approximate surface area is 142 Å². The molecular formula is C19H24N4O. The van der Waals surface area contributed by atoms with Gasteiger partial charge in [-0.25, -0.2) is 4.98 Å². The van der Waals surface area contributed by atoms with Crippen molar-refractivity contribution in [1.29, 1.82) is 0 Å². The Morgan fingerprint density at radius 3 is 2.88 bits per heavy atom. The van der Waals surface area contributed by atoms with E-state index >= 15 is 0 Å². The van der Waals surface area contributed by atoms with Gasteiger partial charge in [-0.3, -0.25) is 9.58 Å². The van der Waals surface area contributed by atoms with Crippen LogP contribution in [0.25, 0.3) is 11.1 Å². The molecule has 1 fully saturated rings. The highest BCUT2D eigenvalue weighted by Crippen LogP contribution is 2.29. The molecule has 0 N–H and O–H groups in total. The summed E-state index contributed by atoms with van der Waals surface area (Å²) in [5, 5.41) is 5.56. The van der Waals surface area contributed by atoms with Gasteiger partial charge < -0.3 is 4.42 Å². The first-order chi connectivity index (χ1) is 11.8. The van der Waals surface area contributed by atoms with Gasteiger partial charge in [0.1, 0.15) is 5.76 Å². The topological polar surface area (TPSA) is 47.1 Å². The lowest BCUT2D eigenvalue weighted by Gasteiger charge is -2.31. The third kappa shape index (κ3) is 3.08. The molecule has 0 spiro atoms. The van der Waals surface area contributed by atoms with Crippen LogP contribution < -0.4 is 0 Å². The molecule has 1 aliphatic rings. The van der Waals surface area contributed by atoms with E-state index in [0.717, 1.165) is 49.5 Å². The molecule has 24 heavy (non-hydrogen) atoms. The summed E-state index contributed by atoms with van der Waals surface area (Å²) in [6, 6.07) is 8.31. The number of rotatable bonds is 5. The predicted octanol–water partition coefficient (Wildman–Crippen LogP) is 3.81. The largest absolute Gasteiger partial charge is 0.441 e. The van der Waals surface area contributed by atoms with E-state index in [2.05, 4.69) is 44.8 Å². The maximum Gasteiger partial charge on any atom is 0.226 e. The maximum absolute atomic E-state index is 5.85. The summed E-state index contributed by atoms with van der Waals surface area (Å²) in [6.45, 7) is 6.31. The molecule has 0 saturated carbocycles. The van der Waals surface area contributed by atoms with E-state index in [9.17, 15) is 0 Å². The van der Waals surface area contributed by atoms with Gasteiger partial charge in [0.15, 0.2) is 0 Å². The zero-order valence-electron chi connectivity index (χ0n) is 14.2. The zero-order valence-corrected chi connectivity index (χ0v) is 14.2. The monoisotopic (exact) mass is 324 g/mol. The second kappa shape index (κ2) is 6.77. The molecule has 4 rings (SSSR count). The van der Waals surface area contributed by atoms with E-state index in [-0.39, 0.29) is 0 Å². The fraction of sp³-hybridized carbons (Fsp3) is 0.474. The lowest BCUT2D eigenvalue weighted by atomic mass is 9.93. The molecule has 3 aromatic heterocycles. The van der Waals surface area contributed by atoms with Crippen molar-refractivity contribution in [2.45, 2.75) is 45.2 Å². The van der Waals surface area contributed by atoms with Gasteiger partial charge in [0.05, 0.1) is 6.54 Å². The number of pyridine rings is 1. The normalized spacial score (nSPS) is 16.9. The Morgan fingerprint density at radius 2 is 2.08 bits per heavy atom. The molecule has 0 aromatic carbocycles. The number of furan rings is 1. The van der Waals surface area contributed by atoms with Crippen LogP contribution in [-0.2, 0) is 13.1 Å². The summed E-state index contributed by atoms with van der Waals surface area (Å²) in [6.07, 6.45) is 7.23. The van der Waals surface area contributed by atoms with Crippen molar-refractivity contribution >= 4 is 11.1 Å². The zero-order chi connectivity index (χ0) is 16.4. The fourth-order valence-corrected chi connectivity index (χ4v) is 3.70. The molecule has 0 unspecified atom stereocenters. The molecule has 5 heteroatoms. The highest BCUT2D eigenvalue weighted by atomic mass is 16.3. The van der Waals surface area contributed by atoms with Crippen LogP contribution in [0.4, 0.5) is 0 Å². The first-order valence-electron chi connectivity index (χ1n) is 8.91. The Hall–Kier alpha value is -2.14. The van der Waals surface area contributed by atoms with Crippen molar-refractivity contribution in [2.75, 3.05) is 13.1 Å². The van der Waals surface area contributed by atoms with E-state index in [1.165, 1.54) is 18.5 Å². The molecule has 5 nitrogen and oxygen atoms in total. The van der Waals surface area contributed by atoms with E-state index in [4.69, 9.17) is 4.42 Å². The second-order valence-corrected chi connectivity index (χ2v) is 6.64. The van der Waals surface area contributed by atoms with E-state index in [1.54, 1.807) is 6.20 Å². The second-order valence-electron chi connectivity index (χ2n) is 6.64. The number of aryl methyl sites for hydroxylation is 1. The minimum atomic E-state index is 0.632. The first kappa shape index (κ1) is 15.4. The van der Waals surface area contributed by atoms with Gasteiger partial charge in [-0.15, -0.1) is 0 Å². The molecule has 3 aromatic rings. The van der Waals surface area contributed by atoms with Crippen LogP contribution >= 0.6 is 0 Å². The summed E-state index contributed by atoms with van der Waals surface area (Å²) in [5.41, 5.74) is 2.15. The van der Waals surface area contributed by atoms with Gasteiger partial charge in [-0.1, -0.05) is 6.92 Å². The number of nitrogens with zero attached hydrogens (tertiary/aromatic N) is 4. The number of hydrogen-bond donors (Lipinski definition) is 0. The van der Waals surface area contributed by atoms with Gasteiger partial charge in [0.2, 0.25) is 5.71 Å². The Kier molecular flexibility index (Phi) is 4.34. The molecule has 1 saturated heterocycles. The highest BCUT2D eigenvalue weighted by molar-refractivity contribution is 5.73. The molecule has 0 radical (unpaired) electrons. The van der Waals surface area contributed by atoms with Crippen molar-refractivity contribution in [1.82, 2.24) is 19.7 Å². The fourth-order valence-electron chi connectivity index (χ4n) is 3.70. The van der Waals surface area contributed by atoms with Crippen LogP contribution in [-0.4, -0.2) is 32.8 Å². The summed E-state index contributed by atoms with van der Waals surface area (Å²) in [7, 11) is 0. The molecule has 0 amide bonds. The Bertz CT molecular complexity index is 765. The van der Waals surface area contributed by atoms with Gasteiger partial charge >= 0.3 is 0 Å². The van der Waals surface area contributed by atoms with E-state index in [0.29, 0.717) is 5.92 Å². The Balaban J connectivity index is 1.38. The van der Waals surface area contributed by atoms with Crippen molar-refractivity contribution in [3.63, 3.8) is 0 Å². The lowest BCUT2D eigenvalue weighted by molar-refractivity contribution is 0.189. The number of hydrogen-bond acceptors (Lipinski definition) is 4. The summed E-state index contributed by atoms with van der Waals surface area (Å²) < 4.78 is 8.04. The number of likely N-dealkylation sites (tertiary alicyclic amines) is 1. The highest BCUT2D eigenvalue weighted by Gasteiger charge is 2.23. The standard InChI is InChI=1S/C19H24N4O/c1-2-10-23-18(5-9-21-23)15-6-11-22(12-7-15)14-17-13-16-4-3-8-20-19(16)24-17/h3-5,8-9,13,15H,2,6-7,10-12,14H2,1H3. The maximum atomic E-state index is 5.85. The van der Waals surface area contributed by atoms with Crippen LogP contribution in [0.15, 0.2) is 41.1 Å². The van der Waals surface area contributed by atoms with Gasteiger partial charge in [-0.05, 0) is 56.6 Å². The molecule has 0 bridgehead atoms. The summed E-state index contributed by atoms with van der Waals surface area (Å²) in [5.74, 6) is 1.64. The molecule has 0 aliphatic carbocycles. The minimum absolute atomic E-state index is 0.632. The first-order valence-corrected chi connectivity index (χ1v) is 8.91. The van der Waals surface area contributed by atoms with E-state index < -0.39 is 0 Å². The number of piperidine rings is 1. The van der Waals surface area contributed by atoms with Crippen molar-refractivity contribution < 1.29 is 4.42 Å². The predicted molar refractivity (Wildman–Crippen MR) is 93.8 cm³/mol.